The monoisotopic (exact) mass is 902 g/mol. The van der Waals surface area contributed by atoms with E-state index in [4.69, 9.17) is 56.8 Å². The van der Waals surface area contributed by atoms with Crippen molar-refractivity contribution in [3.8, 4) is 17.2 Å². The van der Waals surface area contributed by atoms with E-state index in [1.807, 2.05) is 0 Å². The van der Waals surface area contributed by atoms with Gasteiger partial charge in [-0.15, -0.1) is 0 Å². The number of benzene rings is 2. The van der Waals surface area contributed by atoms with Crippen LogP contribution in [-0.4, -0.2) is 127 Å². The van der Waals surface area contributed by atoms with E-state index in [1.165, 1.54) is 51.1 Å². The first-order valence-corrected chi connectivity index (χ1v) is 19.8. The second-order valence-corrected chi connectivity index (χ2v) is 14.3. The third kappa shape index (κ3) is 14.9. The fourth-order valence-corrected chi connectivity index (χ4v) is 6.63. The van der Waals surface area contributed by atoms with Crippen molar-refractivity contribution in [2.75, 3.05) is 13.2 Å². The van der Waals surface area contributed by atoms with E-state index >= 15 is 0 Å². The number of rotatable bonds is 17. The highest BCUT2D eigenvalue weighted by molar-refractivity contribution is 5.87. The van der Waals surface area contributed by atoms with E-state index < -0.39 is 116 Å². The first-order valence-electron chi connectivity index (χ1n) is 19.8. The lowest BCUT2D eigenvalue weighted by Crippen LogP contribution is -2.66. The van der Waals surface area contributed by atoms with E-state index in [-0.39, 0.29) is 30.3 Å². The third-order valence-corrected chi connectivity index (χ3v) is 8.99. The van der Waals surface area contributed by atoms with Crippen LogP contribution in [0.1, 0.15) is 66.5 Å². The van der Waals surface area contributed by atoms with Gasteiger partial charge in [-0.05, 0) is 54.8 Å². The topological polar surface area (TPSA) is 268 Å². The lowest BCUT2D eigenvalue weighted by molar-refractivity contribution is -0.358. The quantitative estimate of drug-likeness (QED) is 0.103. The number of hydrogen-bond donors (Lipinski definition) is 1. The summed E-state index contributed by atoms with van der Waals surface area (Å²) in [5.74, 6) is -6.12. The van der Waals surface area contributed by atoms with Crippen LogP contribution >= 0.6 is 0 Å². The Hall–Kier alpha value is -6.26. The molecule has 4 rings (SSSR count). The number of ether oxygens (including phenoxy) is 12. The molecule has 0 spiro atoms. The Morgan fingerprint density at radius 1 is 0.578 bits per heavy atom. The van der Waals surface area contributed by atoms with Crippen molar-refractivity contribution in [2.45, 2.75) is 123 Å². The van der Waals surface area contributed by atoms with Gasteiger partial charge in [0, 0.05) is 54.5 Å². The molecule has 2 aliphatic heterocycles. The molecule has 21 heteroatoms. The van der Waals surface area contributed by atoms with Gasteiger partial charge in [-0.2, -0.15) is 0 Å². The van der Waals surface area contributed by atoms with E-state index in [2.05, 4.69) is 0 Å². The molecule has 2 heterocycles. The predicted octanol–water partition coefficient (Wildman–Crippen LogP) is 2.22. The Morgan fingerprint density at radius 3 is 1.69 bits per heavy atom. The molecular formula is C43H50O21. The fraction of sp³-hybridized carbons (Fsp3) is 0.488. The minimum Gasteiger partial charge on any atom is -0.456 e. The van der Waals surface area contributed by atoms with Crippen LogP contribution in [0.4, 0.5) is 0 Å². The van der Waals surface area contributed by atoms with Crippen LogP contribution in [-0.2, 0) is 87.4 Å². The standard InChI is InChI=1S/C43H50O21/c1-21-36(58-25(5)48)38(59-26(6)49)41(61-28(8)51)43(54-21)64-39-37(63-35(52)16-12-29-9-13-31(14-10-29)55-22(2)45)34(20-44)62-42(40(39)60-27(7)50)53-18-17-30-11-15-32(56-23(3)46)33(19-30)57-24(4)47/h9-16,19,21,34,36-44H,17-18,20H2,1-8H3/b16-12+/t21-,34+,36-,37+,38+,39-,40+,41+,42+,43-/m0/s1. The summed E-state index contributed by atoms with van der Waals surface area (Å²) < 4.78 is 68.0. The Balaban J connectivity index is 1.73. The Labute approximate surface area is 367 Å². The van der Waals surface area contributed by atoms with Gasteiger partial charge in [0.05, 0.1) is 19.3 Å². The average molecular weight is 903 g/mol. The number of aliphatic hydroxyl groups excluding tert-OH is 1. The second kappa shape index (κ2) is 23.4. The second-order valence-electron chi connectivity index (χ2n) is 14.3. The highest BCUT2D eigenvalue weighted by Gasteiger charge is 2.56. The number of hydrogen-bond acceptors (Lipinski definition) is 21. The molecule has 0 bridgehead atoms. The predicted molar refractivity (Wildman–Crippen MR) is 213 cm³/mol. The van der Waals surface area contributed by atoms with Crippen molar-refractivity contribution in [1.82, 2.24) is 0 Å². The third-order valence-electron chi connectivity index (χ3n) is 8.99. The smallest absolute Gasteiger partial charge is 0.331 e. The molecule has 0 aliphatic carbocycles. The van der Waals surface area contributed by atoms with Crippen molar-refractivity contribution in [3.63, 3.8) is 0 Å². The Bertz CT molecular complexity index is 2040. The fourth-order valence-electron chi connectivity index (χ4n) is 6.63. The highest BCUT2D eigenvalue weighted by Crippen LogP contribution is 2.36. The highest BCUT2D eigenvalue weighted by atomic mass is 16.8. The van der Waals surface area contributed by atoms with Gasteiger partial charge in [-0.1, -0.05) is 18.2 Å². The number of aliphatic hydroxyl groups is 1. The van der Waals surface area contributed by atoms with Gasteiger partial charge in [0.25, 0.3) is 0 Å². The molecule has 0 radical (unpaired) electrons. The maximum absolute atomic E-state index is 13.5. The van der Waals surface area contributed by atoms with E-state index in [1.54, 1.807) is 18.2 Å². The number of carbonyl (C=O) groups excluding carboxylic acids is 8. The normalized spacial score (nSPS) is 25.3. The molecule has 2 saturated heterocycles. The van der Waals surface area contributed by atoms with Crippen LogP contribution in [0, 0.1) is 0 Å². The van der Waals surface area contributed by atoms with E-state index in [0.29, 0.717) is 11.1 Å². The van der Waals surface area contributed by atoms with Crippen molar-refractivity contribution in [3.05, 3.63) is 59.7 Å². The maximum atomic E-state index is 13.5. The minimum atomic E-state index is -1.74. The van der Waals surface area contributed by atoms with Crippen LogP contribution in [0.3, 0.4) is 0 Å². The van der Waals surface area contributed by atoms with Crippen molar-refractivity contribution >= 4 is 53.8 Å². The van der Waals surface area contributed by atoms with Crippen LogP contribution in [0.5, 0.6) is 17.2 Å². The largest absolute Gasteiger partial charge is 0.456 e. The summed E-state index contributed by atoms with van der Waals surface area (Å²) >= 11 is 0. The lowest BCUT2D eigenvalue weighted by atomic mass is 9.96. The van der Waals surface area contributed by atoms with Gasteiger partial charge in [-0.3, -0.25) is 33.6 Å². The van der Waals surface area contributed by atoms with Crippen molar-refractivity contribution in [2.24, 2.45) is 0 Å². The minimum absolute atomic E-state index is 0.0160. The van der Waals surface area contributed by atoms with Gasteiger partial charge in [0.15, 0.2) is 54.6 Å². The van der Waals surface area contributed by atoms with Crippen LogP contribution in [0.15, 0.2) is 48.5 Å². The van der Waals surface area contributed by atoms with E-state index in [0.717, 1.165) is 40.7 Å². The SMILES string of the molecule is CC(=O)Oc1ccc(/C=C/C(=O)O[C@H]2[C@H](O[C@@H]3O[C@@H](C)[C@H](OC(C)=O)[C@@H](OC(C)=O)[C@H]3OC(C)=O)[C@@H](OC(C)=O)[C@H](OCCc3ccc(OC(C)=O)c(OC(C)=O)c3)O[C@@H]2CO)cc1. The molecule has 0 saturated carbocycles. The van der Waals surface area contributed by atoms with Crippen LogP contribution < -0.4 is 14.2 Å². The number of esters is 8. The zero-order valence-electron chi connectivity index (χ0n) is 36.2. The van der Waals surface area contributed by atoms with Gasteiger partial charge in [0.2, 0.25) is 0 Å². The molecule has 2 aliphatic rings. The van der Waals surface area contributed by atoms with Crippen LogP contribution in [0.25, 0.3) is 6.08 Å². The summed E-state index contributed by atoms with van der Waals surface area (Å²) in [7, 11) is 0. The first kappa shape index (κ1) is 50.4. The molecule has 0 aromatic heterocycles. The Morgan fingerprint density at radius 2 is 1.12 bits per heavy atom. The van der Waals surface area contributed by atoms with Crippen molar-refractivity contribution < 1.29 is 100 Å². The molecular weight excluding hydrogens is 852 g/mol. The van der Waals surface area contributed by atoms with Gasteiger partial charge in [-0.25, -0.2) is 4.79 Å². The molecule has 21 nitrogen and oxygen atoms in total. The molecule has 1 N–H and O–H groups in total. The lowest BCUT2D eigenvalue weighted by Gasteiger charge is -2.48. The molecule has 0 amide bonds. The van der Waals surface area contributed by atoms with E-state index in [9.17, 15) is 43.5 Å². The zero-order valence-corrected chi connectivity index (χ0v) is 36.2. The first-order chi connectivity index (χ1) is 30.2. The summed E-state index contributed by atoms with van der Waals surface area (Å²) in [4.78, 5) is 98.0. The van der Waals surface area contributed by atoms with Crippen LogP contribution in [0.2, 0.25) is 0 Å². The van der Waals surface area contributed by atoms with Gasteiger partial charge in [0.1, 0.15) is 18.0 Å². The van der Waals surface area contributed by atoms with Gasteiger partial charge < -0.3 is 61.9 Å². The molecule has 0 unspecified atom stereocenters. The maximum Gasteiger partial charge on any atom is 0.331 e. The summed E-state index contributed by atoms with van der Waals surface area (Å²) in [6.07, 6.45) is -12.9. The number of carbonyl (C=O) groups is 8. The van der Waals surface area contributed by atoms with Gasteiger partial charge >= 0.3 is 47.8 Å². The summed E-state index contributed by atoms with van der Waals surface area (Å²) in [6.45, 7) is 8.26. The Kier molecular flexibility index (Phi) is 18.4. The average Bonchev–Trinajstić information content (AvgIpc) is 3.19. The zero-order chi connectivity index (χ0) is 47.2. The molecule has 2 aromatic carbocycles. The van der Waals surface area contributed by atoms with Crippen molar-refractivity contribution in [1.29, 1.82) is 0 Å². The summed E-state index contributed by atoms with van der Waals surface area (Å²) in [5.41, 5.74) is 1.00. The molecule has 348 valence electrons. The summed E-state index contributed by atoms with van der Waals surface area (Å²) in [6, 6.07) is 10.5. The molecule has 2 aromatic rings. The molecule has 10 atom stereocenters. The molecule has 64 heavy (non-hydrogen) atoms. The summed E-state index contributed by atoms with van der Waals surface area (Å²) in [5, 5.41) is 10.7. The molecule has 2 fully saturated rings.